The van der Waals surface area contributed by atoms with E-state index in [4.69, 9.17) is 11.6 Å². The van der Waals surface area contributed by atoms with Crippen LogP contribution in [0.3, 0.4) is 0 Å². The minimum atomic E-state index is -0.521. The highest BCUT2D eigenvalue weighted by Gasteiger charge is 2.18. The number of hydrogen-bond acceptors (Lipinski definition) is 7. The molecule has 178 valence electrons. The summed E-state index contributed by atoms with van der Waals surface area (Å²) in [6.07, 6.45) is 6.01. The third-order valence-electron chi connectivity index (χ3n) is 5.69. The lowest BCUT2D eigenvalue weighted by molar-refractivity contribution is 0.271. The number of fused-ring (bicyclic) bond motifs is 1. The molecule has 0 radical (unpaired) electrons. The zero-order valence-corrected chi connectivity index (χ0v) is 19.3. The molecule has 2 N–H and O–H groups in total. The van der Waals surface area contributed by atoms with Crippen molar-refractivity contribution in [1.29, 1.82) is 0 Å². The minimum Gasteiger partial charge on any atom is -0.394 e. The average Bonchev–Trinajstić information content (AvgIpc) is 3.47. The van der Waals surface area contributed by atoms with Gasteiger partial charge in [-0.15, -0.1) is 5.10 Å². The highest BCUT2D eigenvalue weighted by atomic mass is 35.5. The Kier molecular flexibility index (Phi) is 6.01. The number of anilines is 1. The molecule has 0 saturated heterocycles. The van der Waals surface area contributed by atoms with Gasteiger partial charge in [0, 0.05) is 24.9 Å². The first-order valence-corrected chi connectivity index (χ1v) is 11.0. The van der Waals surface area contributed by atoms with Gasteiger partial charge in [0.2, 0.25) is 0 Å². The second-order valence-electron chi connectivity index (χ2n) is 7.87. The van der Waals surface area contributed by atoms with E-state index in [0.717, 1.165) is 0 Å². The van der Waals surface area contributed by atoms with E-state index in [2.05, 4.69) is 25.7 Å². The van der Waals surface area contributed by atoms with Crippen molar-refractivity contribution in [3.63, 3.8) is 0 Å². The van der Waals surface area contributed by atoms with E-state index in [-0.39, 0.29) is 29.6 Å². The smallest absolute Gasteiger partial charge is 0.266 e. The summed E-state index contributed by atoms with van der Waals surface area (Å²) in [7, 11) is 1.72. The van der Waals surface area contributed by atoms with Gasteiger partial charge in [-0.2, -0.15) is 5.10 Å². The van der Waals surface area contributed by atoms with Gasteiger partial charge in [-0.25, -0.2) is 9.37 Å². The average molecular weight is 495 g/mol. The molecule has 0 aliphatic rings. The highest BCUT2D eigenvalue weighted by Crippen LogP contribution is 2.25. The number of hydrogen-bond donors (Lipinski definition) is 2. The van der Waals surface area contributed by atoms with Gasteiger partial charge in [-0.3, -0.25) is 18.7 Å². The molecule has 0 fully saturated rings. The van der Waals surface area contributed by atoms with E-state index < -0.39 is 6.04 Å². The van der Waals surface area contributed by atoms with E-state index in [1.165, 1.54) is 23.0 Å². The number of aliphatic hydroxyl groups is 1. The molecule has 35 heavy (non-hydrogen) atoms. The number of benzene rings is 1. The molecule has 1 atom stereocenters. The number of aromatic nitrogens is 7. The lowest BCUT2D eigenvalue weighted by atomic mass is 10.2. The molecule has 4 aromatic heterocycles. The normalized spacial score (nSPS) is 12.2. The summed E-state index contributed by atoms with van der Waals surface area (Å²) in [6.45, 7) is -0.0386. The lowest BCUT2D eigenvalue weighted by Crippen LogP contribution is -2.20. The predicted molar refractivity (Wildman–Crippen MR) is 128 cm³/mol. The molecule has 0 bridgehead atoms. The van der Waals surface area contributed by atoms with E-state index >= 15 is 0 Å². The van der Waals surface area contributed by atoms with Crippen molar-refractivity contribution in [3.8, 4) is 5.69 Å². The van der Waals surface area contributed by atoms with Crippen LogP contribution in [0.25, 0.3) is 16.6 Å². The molecule has 5 rings (SSSR count). The van der Waals surface area contributed by atoms with Crippen LogP contribution in [0.1, 0.15) is 17.3 Å². The van der Waals surface area contributed by atoms with Crippen LogP contribution in [0, 0.1) is 5.82 Å². The maximum Gasteiger partial charge on any atom is 0.266 e. The summed E-state index contributed by atoms with van der Waals surface area (Å²) in [6, 6.07) is 9.26. The van der Waals surface area contributed by atoms with Crippen LogP contribution in [-0.2, 0) is 13.6 Å². The third kappa shape index (κ3) is 4.27. The van der Waals surface area contributed by atoms with E-state index in [9.17, 15) is 14.3 Å². The molecule has 0 amide bonds. The molecule has 0 saturated carbocycles. The number of nitrogens with zero attached hydrogens (tertiary/aromatic N) is 7. The molecule has 0 aliphatic carbocycles. The summed E-state index contributed by atoms with van der Waals surface area (Å²) >= 11 is 6.39. The van der Waals surface area contributed by atoms with Gasteiger partial charge in [0.05, 0.1) is 65.1 Å². The molecule has 0 spiro atoms. The van der Waals surface area contributed by atoms with Crippen molar-refractivity contribution in [3.05, 3.63) is 93.6 Å². The van der Waals surface area contributed by atoms with Crippen LogP contribution in [-0.4, -0.2) is 46.0 Å². The Bertz CT molecular complexity index is 1580. The highest BCUT2D eigenvalue weighted by molar-refractivity contribution is 6.32. The largest absolute Gasteiger partial charge is 0.394 e. The topological polar surface area (TPSA) is 116 Å². The first-order chi connectivity index (χ1) is 17.0. The summed E-state index contributed by atoms with van der Waals surface area (Å²) < 4.78 is 18.6. The van der Waals surface area contributed by atoms with Crippen molar-refractivity contribution < 1.29 is 9.50 Å². The summed E-state index contributed by atoms with van der Waals surface area (Å²) in [5.74, 6) is 0.0584. The number of halogens is 2. The van der Waals surface area contributed by atoms with Crippen LogP contribution in [0.4, 0.5) is 10.2 Å². The van der Waals surface area contributed by atoms with Gasteiger partial charge < -0.3 is 10.4 Å². The number of aliphatic hydroxyl groups excluding tert-OH is 1. The molecule has 0 aliphatic heterocycles. The minimum absolute atomic E-state index is 0.190. The molecule has 10 nitrogen and oxygen atoms in total. The van der Waals surface area contributed by atoms with E-state index in [1.54, 1.807) is 59.1 Å². The van der Waals surface area contributed by atoms with Crippen molar-refractivity contribution in [2.24, 2.45) is 7.05 Å². The Morgan fingerprint density at radius 3 is 2.77 bits per heavy atom. The van der Waals surface area contributed by atoms with Gasteiger partial charge in [0.15, 0.2) is 0 Å². The van der Waals surface area contributed by atoms with Crippen molar-refractivity contribution >= 4 is 28.3 Å². The molecule has 5 aromatic rings. The molecular formula is C23H20ClFN8O2. The fourth-order valence-electron chi connectivity index (χ4n) is 3.88. The quantitative estimate of drug-likeness (QED) is 0.357. The second-order valence-corrected chi connectivity index (χ2v) is 8.27. The fraction of sp³-hybridized carbons (Fsp3) is 0.174. The number of aryl methyl sites for hydroxylation is 1. The Morgan fingerprint density at radius 2 is 2.03 bits per heavy atom. The van der Waals surface area contributed by atoms with Crippen LogP contribution < -0.4 is 10.9 Å². The van der Waals surface area contributed by atoms with Gasteiger partial charge in [-0.1, -0.05) is 35.0 Å². The first kappa shape index (κ1) is 22.7. The van der Waals surface area contributed by atoms with Crippen molar-refractivity contribution in [2.45, 2.75) is 12.6 Å². The second kappa shape index (κ2) is 9.28. The Hall–Kier alpha value is -4.09. The number of rotatable bonds is 7. The fourth-order valence-corrected chi connectivity index (χ4v) is 4.07. The van der Waals surface area contributed by atoms with Gasteiger partial charge >= 0.3 is 0 Å². The molecule has 12 heteroatoms. The van der Waals surface area contributed by atoms with Crippen molar-refractivity contribution in [1.82, 2.24) is 34.3 Å². The van der Waals surface area contributed by atoms with Crippen molar-refractivity contribution in [2.75, 3.05) is 11.9 Å². The summed E-state index contributed by atoms with van der Waals surface area (Å²) in [5.41, 5.74) is 1.76. The Balaban J connectivity index is 1.49. The van der Waals surface area contributed by atoms with Crippen LogP contribution >= 0.6 is 11.6 Å². The summed E-state index contributed by atoms with van der Waals surface area (Å²) in [5, 5.41) is 25.6. The summed E-state index contributed by atoms with van der Waals surface area (Å²) in [4.78, 5) is 17.6. The van der Waals surface area contributed by atoms with Gasteiger partial charge in [0.1, 0.15) is 11.6 Å². The van der Waals surface area contributed by atoms with Gasteiger partial charge in [0.25, 0.3) is 5.56 Å². The molecule has 1 aromatic carbocycles. The van der Waals surface area contributed by atoms with Crippen LogP contribution in [0.2, 0.25) is 5.02 Å². The predicted octanol–water partition coefficient (Wildman–Crippen LogP) is 2.70. The first-order valence-electron chi connectivity index (χ1n) is 10.6. The SMILES string of the molecule is Cn1nncc1C(CO)Nc1cc(-n2ccc3c(cnn3Cc3ccccc3F)c2=O)c(Cl)cn1. The molecule has 1 unspecified atom stereocenters. The van der Waals surface area contributed by atoms with Crippen LogP contribution in [0.15, 0.2) is 66.0 Å². The zero-order chi connectivity index (χ0) is 24.5. The van der Waals surface area contributed by atoms with E-state index in [0.29, 0.717) is 33.7 Å². The Morgan fingerprint density at radius 1 is 1.20 bits per heavy atom. The third-order valence-corrected chi connectivity index (χ3v) is 5.99. The number of pyridine rings is 2. The number of nitrogens with one attached hydrogen (secondary N) is 1. The zero-order valence-electron chi connectivity index (χ0n) is 18.5. The van der Waals surface area contributed by atoms with Gasteiger partial charge in [-0.05, 0) is 12.1 Å². The standard InChI is InChI=1S/C23H20ClFN8O2/c1-31-21(11-27-30-31)18(13-34)29-22-8-20(16(24)10-26-22)32-7-6-19-15(23(32)35)9-28-33(19)12-14-4-2-3-5-17(14)25/h2-11,18,34H,12-13H2,1H3,(H,26,29). The van der Waals surface area contributed by atoms with E-state index in [1.807, 2.05) is 0 Å². The lowest BCUT2D eigenvalue weighted by Gasteiger charge is -2.17. The maximum atomic E-state index is 14.1. The maximum absolute atomic E-state index is 14.1. The monoisotopic (exact) mass is 494 g/mol. The molecular weight excluding hydrogens is 475 g/mol. The van der Waals surface area contributed by atoms with Crippen LogP contribution in [0.5, 0.6) is 0 Å². The Labute approximate surface area is 203 Å². The molecule has 4 heterocycles.